The minimum atomic E-state index is -3.58. The van der Waals surface area contributed by atoms with Crippen molar-refractivity contribution in [2.24, 2.45) is 0 Å². The molecule has 3 aromatic carbocycles. The first-order valence-electron chi connectivity index (χ1n) is 9.71. The fraction of sp³-hybridized carbons (Fsp3) is 0.174. The maximum absolute atomic E-state index is 12.5. The summed E-state index contributed by atoms with van der Waals surface area (Å²) in [6, 6.07) is 21.1. The lowest BCUT2D eigenvalue weighted by molar-refractivity contribution is -0.116. The number of carbonyl (C=O) groups excluding carboxylic acids is 1. The van der Waals surface area contributed by atoms with Crippen LogP contribution >= 0.6 is 23.2 Å². The Balaban J connectivity index is 1.50. The highest BCUT2D eigenvalue weighted by Crippen LogP contribution is 2.25. The third-order valence-corrected chi connectivity index (χ3v) is 6.65. The third-order valence-electron chi connectivity index (χ3n) is 4.63. The normalized spacial score (nSPS) is 11.3. The summed E-state index contributed by atoms with van der Waals surface area (Å²) in [4.78, 5) is 12.4. The van der Waals surface area contributed by atoms with Crippen molar-refractivity contribution in [2.75, 3.05) is 11.9 Å². The molecule has 5 nitrogen and oxygen atoms in total. The Morgan fingerprint density at radius 2 is 1.52 bits per heavy atom. The zero-order valence-corrected chi connectivity index (χ0v) is 19.0. The van der Waals surface area contributed by atoms with E-state index in [9.17, 15) is 13.2 Å². The predicted molar refractivity (Wildman–Crippen MR) is 125 cm³/mol. The maximum atomic E-state index is 12.5. The Bertz CT molecular complexity index is 1140. The fourth-order valence-electron chi connectivity index (χ4n) is 2.95. The molecule has 0 radical (unpaired) electrons. The SMILES string of the molecule is O=C(CCc1ccc(S(=O)(=O)NCCc2ccccc2)cc1)Nc1ccc(Cl)cc1Cl. The molecule has 0 bridgehead atoms. The molecule has 0 atom stereocenters. The first-order chi connectivity index (χ1) is 14.8. The molecule has 162 valence electrons. The van der Waals surface area contributed by atoms with Crippen molar-refractivity contribution in [3.63, 3.8) is 0 Å². The first kappa shape index (κ1) is 23.3. The van der Waals surface area contributed by atoms with Crippen molar-refractivity contribution in [2.45, 2.75) is 24.2 Å². The Morgan fingerprint density at radius 3 is 2.19 bits per heavy atom. The number of sulfonamides is 1. The number of amides is 1. The summed E-state index contributed by atoms with van der Waals surface area (Å²) in [5.41, 5.74) is 2.43. The summed E-state index contributed by atoms with van der Waals surface area (Å²) in [6.45, 7) is 0.321. The monoisotopic (exact) mass is 476 g/mol. The largest absolute Gasteiger partial charge is 0.325 e. The van der Waals surface area contributed by atoms with Crippen molar-refractivity contribution in [3.8, 4) is 0 Å². The predicted octanol–water partition coefficient (Wildman–Crippen LogP) is 5.09. The van der Waals surface area contributed by atoms with Gasteiger partial charge in [-0.15, -0.1) is 0 Å². The minimum absolute atomic E-state index is 0.191. The van der Waals surface area contributed by atoms with Gasteiger partial charge in [-0.2, -0.15) is 0 Å². The van der Waals surface area contributed by atoms with E-state index in [1.807, 2.05) is 30.3 Å². The highest BCUT2D eigenvalue weighted by atomic mass is 35.5. The molecule has 1 amide bonds. The average molecular weight is 477 g/mol. The Hall–Kier alpha value is -2.38. The van der Waals surface area contributed by atoms with E-state index in [4.69, 9.17) is 23.2 Å². The molecular weight excluding hydrogens is 455 g/mol. The number of hydrogen-bond acceptors (Lipinski definition) is 3. The van der Waals surface area contributed by atoms with Crippen LogP contribution in [0.25, 0.3) is 0 Å². The van der Waals surface area contributed by atoms with Gasteiger partial charge in [0.25, 0.3) is 0 Å². The van der Waals surface area contributed by atoms with Gasteiger partial charge in [-0.1, -0.05) is 65.7 Å². The third kappa shape index (κ3) is 7.08. The van der Waals surface area contributed by atoms with Crippen LogP contribution in [-0.2, 0) is 27.7 Å². The lowest BCUT2D eigenvalue weighted by Crippen LogP contribution is -2.26. The number of anilines is 1. The molecule has 0 fully saturated rings. The van der Waals surface area contributed by atoms with Gasteiger partial charge in [0.2, 0.25) is 15.9 Å². The van der Waals surface area contributed by atoms with Crippen molar-refractivity contribution in [1.82, 2.24) is 4.72 Å². The molecule has 0 aliphatic carbocycles. The summed E-state index contributed by atoms with van der Waals surface area (Å²) in [7, 11) is -3.58. The van der Waals surface area contributed by atoms with Crippen LogP contribution in [-0.4, -0.2) is 20.9 Å². The molecule has 8 heteroatoms. The molecule has 0 aliphatic heterocycles. The number of halogens is 2. The number of benzene rings is 3. The highest BCUT2D eigenvalue weighted by Gasteiger charge is 2.13. The topological polar surface area (TPSA) is 75.3 Å². The van der Waals surface area contributed by atoms with Crippen LogP contribution in [0, 0.1) is 0 Å². The molecule has 0 saturated heterocycles. The standard InChI is InChI=1S/C23H22Cl2N2O3S/c24-19-9-12-22(21(25)16-19)27-23(28)13-8-18-6-10-20(11-7-18)31(29,30)26-15-14-17-4-2-1-3-5-17/h1-7,9-12,16,26H,8,13-15H2,(H,27,28). The molecular formula is C23H22Cl2N2O3S. The summed E-state index contributed by atoms with van der Waals surface area (Å²) >= 11 is 11.9. The smallest absolute Gasteiger partial charge is 0.240 e. The summed E-state index contributed by atoms with van der Waals surface area (Å²) < 4.78 is 27.5. The van der Waals surface area contributed by atoms with E-state index in [0.717, 1.165) is 11.1 Å². The molecule has 0 aliphatic rings. The quantitative estimate of drug-likeness (QED) is 0.451. The Kier molecular flexibility index (Phi) is 8.09. The van der Waals surface area contributed by atoms with Gasteiger partial charge < -0.3 is 5.32 Å². The van der Waals surface area contributed by atoms with Crippen molar-refractivity contribution >= 4 is 44.8 Å². The van der Waals surface area contributed by atoms with E-state index >= 15 is 0 Å². The van der Waals surface area contributed by atoms with Crippen molar-refractivity contribution in [3.05, 3.63) is 94.0 Å². The molecule has 0 unspecified atom stereocenters. The molecule has 31 heavy (non-hydrogen) atoms. The Morgan fingerprint density at radius 1 is 0.839 bits per heavy atom. The van der Waals surface area contributed by atoms with Gasteiger partial charge in [0.05, 0.1) is 15.6 Å². The van der Waals surface area contributed by atoms with Crippen LogP contribution in [0.1, 0.15) is 17.5 Å². The van der Waals surface area contributed by atoms with Gasteiger partial charge in [0.15, 0.2) is 0 Å². The van der Waals surface area contributed by atoms with Gasteiger partial charge in [0.1, 0.15) is 0 Å². The second kappa shape index (κ2) is 10.8. The van der Waals surface area contributed by atoms with Gasteiger partial charge >= 0.3 is 0 Å². The van der Waals surface area contributed by atoms with E-state index in [1.165, 1.54) is 0 Å². The van der Waals surface area contributed by atoms with Crippen LogP contribution in [0.5, 0.6) is 0 Å². The Labute approximate surface area is 192 Å². The zero-order chi connectivity index (χ0) is 22.3. The molecule has 0 heterocycles. The molecule has 0 aromatic heterocycles. The molecule has 2 N–H and O–H groups in total. The van der Waals surface area contributed by atoms with E-state index in [2.05, 4.69) is 10.0 Å². The van der Waals surface area contributed by atoms with E-state index in [-0.39, 0.29) is 17.2 Å². The second-order valence-corrected chi connectivity index (χ2v) is 9.56. The molecule has 3 aromatic rings. The highest BCUT2D eigenvalue weighted by molar-refractivity contribution is 7.89. The first-order valence-corrected chi connectivity index (χ1v) is 11.9. The van der Waals surface area contributed by atoms with Gasteiger partial charge in [-0.3, -0.25) is 4.79 Å². The fourth-order valence-corrected chi connectivity index (χ4v) is 4.44. The number of rotatable bonds is 9. The van der Waals surface area contributed by atoms with Gasteiger partial charge in [-0.05, 0) is 54.3 Å². The average Bonchev–Trinajstić information content (AvgIpc) is 2.75. The van der Waals surface area contributed by atoms with Gasteiger partial charge in [-0.25, -0.2) is 13.1 Å². The summed E-state index contributed by atoms with van der Waals surface area (Å²) in [5, 5.41) is 3.61. The summed E-state index contributed by atoms with van der Waals surface area (Å²) in [5.74, 6) is -0.191. The van der Waals surface area contributed by atoms with E-state index in [0.29, 0.717) is 35.1 Å². The second-order valence-electron chi connectivity index (χ2n) is 6.95. The van der Waals surface area contributed by atoms with Crippen LogP contribution in [0.4, 0.5) is 5.69 Å². The van der Waals surface area contributed by atoms with E-state index in [1.54, 1.807) is 42.5 Å². The van der Waals surface area contributed by atoms with Crippen molar-refractivity contribution < 1.29 is 13.2 Å². The zero-order valence-electron chi connectivity index (χ0n) is 16.6. The molecule has 0 spiro atoms. The minimum Gasteiger partial charge on any atom is -0.325 e. The summed E-state index contributed by atoms with van der Waals surface area (Å²) in [6.07, 6.45) is 1.32. The molecule has 3 rings (SSSR count). The maximum Gasteiger partial charge on any atom is 0.240 e. The van der Waals surface area contributed by atoms with E-state index < -0.39 is 10.0 Å². The van der Waals surface area contributed by atoms with Crippen molar-refractivity contribution in [1.29, 1.82) is 0 Å². The number of aryl methyl sites for hydroxylation is 1. The number of carbonyl (C=O) groups is 1. The van der Waals surface area contributed by atoms with Crippen LogP contribution in [0.2, 0.25) is 10.0 Å². The van der Waals surface area contributed by atoms with Crippen LogP contribution < -0.4 is 10.0 Å². The molecule has 0 saturated carbocycles. The van der Waals surface area contributed by atoms with Crippen LogP contribution in [0.15, 0.2) is 77.7 Å². The number of hydrogen-bond donors (Lipinski definition) is 2. The van der Waals surface area contributed by atoms with Gasteiger partial charge in [0, 0.05) is 18.0 Å². The number of nitrogens with one attached hydrogen (secondary N) is 2. The van der Waals surface area contributed by atoms with Crippen LogP contribution in [0.3, 0.4) is 0 Å². The lowest BCUT2D eigenvalue weighted by Gasteiger charge is -2.09. The lowest BCUT2D eigenvalue weighted by atomic mass is 10.1.